The zero-order valence-electron chi connectivity index (χ0n) is 11.4. The lowest BCUT2D eigenvalue weighted by molar-refractivity contribution is 0.215. The van der Waals surface area contributed by atoms with Crippen molar-refractivity contribution in [3.63, 3.8) is 0 Å². The van der Waals surface area contributed by atoms with Gasteiger partial charge in [-0.05, 0) is 83.0 Å². The summed E-state index contributed by atoms with van der Waals surface area (Å²) in [5, 5.41) is 9.72. The Morgan fingerprint density at radius 2 is 2.00 bits per heavy atom. The zero-order valence-corrected chi connectivity index (χ0v) is 14.5. The van der Waals surface area contributed by atoms with Gasteiger partial charge in [-0.2, -0.15) is 0 Å². The van der Waals surface area contributed by atoms with Crippen molar-refractivity contribution in [2.75, 3.05) is 27.2 Å². The van der Waals surface area contributed by atoms with Gasteiger partial charge in [0, 0.05) is 19.1 Å². The predicted octanol–water partition coefficient (Wildman–Crippen LogP) is 3.44. The number of phenols is 1. The van der Waals surface area contributed by atoms with Crippen LogP contribution in [0.4, 0.5) is 0 Å². The average Bonchev–Trinajstić information content (AvgIpc) is 2.72. The van der Waals surface area contributed by atoms with Crippen LogP contribution in [0.3, 0.4) is 0 Å². The van der Waals surface area contributed by atoms with Crippen LogP contribution in [0.1, 0.15) is 18.4 Å². The van der Waals surface area contributed by atoms with Crippen molar-refractivity contribution in [2.45, 2.75) is 25.4 Å². The van der Waals surface area contributed by atoms with Gasteiger partial charge in [0.1, 0.15) is 5.75 Å². The zero-order chi connectivity index (χ0) is 14.0. The number of benzene rings is 1. The molecule has 1 heterocycles. The maximum absolute atomic E-state index is 9.72. The monoisotopic (exact) mass is 390 g/mol. The minimum atomic E-state index is 0.266. The fourth-order valence-electron chi connectivity index (χ4n) is 2.66. The molecule has 1 aliphatic heterocycles. The second-order valence-electron chi connectivity index (χ2n) is 5.38. The summed E-state index contributed by atoms with van der Waals surface area (Å²) < 4.78 is 1.48. The Balaban J connectivity index is 1.97. The van der Waals surface area contributed by atoms with Crippen LogP contribution >= 0.6 is 31.9 Å². The number of likely N-dealkylation sites (tertiary alicyclic amines) is 1. The Labute approximate surface area is 131 Å². The van der Waals surface area contributed by atoms with Crippen molar-refractivity contribution in [3.05, 3.63) is 26.6 Å². The minimum Gasteiger partial charge on any atom is -0.506 e. The first-order chi connectivity index (χ1) is 8.97. The van der Waals surface area contributed by atoms with E-state index in [9.17, 15) is 5.11 Å². The third-order valence-electron chi connectivity index (χ3n) is 3.72. The van der Waals surface area contributed by atoms with Crippen LogP contribution < -0.4 is 0 Å². The van der Waals surface area contributed by atoms with Crippen molar-refractivity contribution >= 4 is 31.9 Å². The molecule has 0 aromatic heterocycles. The molecule has 1 N–H and O–H groups in total. The number of nitrogens with zero attached hydrogens (tertiary/aromatic N) is 2. The van der Waals surface area contributed by atoms with E-state index in [1.165, 1.54) is 24.9 Å². The highest BCUT2D eigenvalue weighted by molar-refractivity contribution is 9.11. The average molecular weight is 392 g/mol. The Morgan fingerprint density at radius 1 is 1.37 bits per heavy atom. The van der Waals surface area contributed by atoms with Crippen LogP contribution in [-0.4, -0.2) is 48.1 Å². The van der Waals surface area contributed by atoms with Gasteiger partial charge in [0.15, 0.2) is 0 Å². The molecule has 1 atom stereocenters. The fraction of sp³-hybridized carbons (Fsp3) is 0.571. The maximum atomic E-state index is 9.72. The molecule has 1 aromatic carbocycles. The number of hydrogen-bond donors (Lipinski definition) is 1. The van der Waals surface area contributed by atoms with E-state index in [-0.39, 0.29) is 5.75 Å². The van der Waals surface area contributed by atoms with Gasteiger partial charge >= 0.3 is 0 Å². The molecule has 2 rings (SSSR count). The van der Waals surface area contributed by atoms with E-state index in [4.69, 9.17) is 0 Å². The summed E-state index contributed by atoms with van der Waals surface area (Å²) >= 11 is 6.76. The van der Waals surface area contributed by atoms with Crippen molar-refractivity contribution in [2.24, 2.45) is 0 Å². The van der Waals surface area contributed by atoms with Crippen LogP contribution in [-0.2, 0) is 6.54 Å². The number of halogens is 2. The lowest BCUT2D eigenvalue weighted by Gasteiger charge is -2.26. The lowest BCUT2D eigenvalue weighted by Crippen LogP contribution is -2.36. The number of likely N-dealkylation sites (N-methyl/N-ethyl adjacent to an activating group) is 2. The topological polar surface area (TPSA) is 26.7 Å². The van der Waals surface area contributed by atoms with Gasteiger partial charge in [0.2, 0.25) is 0 Å². The molecule has 106 valence electrons. The molecule has 1 saturated heterocycles. The largest absolute Gasteiger partial charge is 0.506 e. The SMILES string of the molecule is CN(Cc1cc(Br)c(O)c(Br)c1)CC1CCCN1C. The van der Waals surface area contributed by atoms with Gasteiger partial charge in [0.05, 0.1) is 8.95 Å². The maximum Gasteiger partial charge on any atom is 0.143 e. The number of phenolic OH excluding ortho intramolecular Hbond substituents is 1. The van der Waals surface area contributed by atoms with Crippen LogP contribution in [0.25, 0.3) is 0 Å². The molecule has 0 radical (unpaired) electrons. The lowest BCUT2D eigenvalue weighted by atomic mass is 10.1. The molecule has 1 aromatic rings. The highest BCUT2D eigenvalue weighted by Crippen LogP contribution is 2.33. The second-order valence-corrected chi connectivity index (χ2v) is 7.09. The summed E-state index contributed by atoms with van der Waals surface area (Å²) in [5.41, 5.74) is 1.19. The third kappa shape index (κ3) is 3.94. The summed E-state index contributed by atoms with van der Waals surface area (Å²) in [7, 11) is 4.36. The van der Waals surface area contributed by atoms with Crippen molar-refractivity contribution < 1.29 is 5.11 Å². The minimum absolute atomic E-state index is 0.266. The molecule has 1 aliphatic rings. The standard InChI is InChI=1S/C14H20Br2N2O/c1-17(9-11-4-3-5-18(11)2)8-10-6-12(15)14(19)13(16)7-10/h6-7,11,19H,3-5,8-9H2,1-2H3. The molecule has 1 fully saturated rings. The van der Waals surface area contributed by atoms with E-state index >= 15 is 0 Å². The second kappa shape index (κ2) is 6.57. The molecule has 19 heavy (non-hydrogen) atoms. The molecule has 1 unspecified atom stereocenters. The number of hydrogen-bond acceptors (Lipinski definition) is 3. The third-order valence-corrected chi connectivity index (χ3v) is 4.93. The predicted molar refractivity (Wildman–Crippen MR) is 85.5 cm³/mol. The summed E-state index contributed by atoms with van der Waals surface area (Å²) in [4.78, 5) is 4.79. The molecule has 5 heteroatoms. The molecular weight excluding hydrogens is 372 g/mol. The van der Waals surface area contributed by atoms with E-state index in [0.717, 1.165) is 22.0 Å². The van der Waals surface area contributed by atoms with Crippen molar-refractivity contribution in [3.8, 4) is 5.75 Å². The molecule has 0 spiro atoms. The van der Waals surface area contributed by atoms with E-state index in [1.807, 2.05) is 12.1 Å². The molecule has 0 amide bonds. The first-order valence-electron chi connectivity index (χ1n) is 6.53. The molecule has 0 aliphatic carbocycles. The van der Waals surface area contributed by atoms with E-state index < -0.39 is 0 Å². The van der Waals surface area contributed by atoms with E-state index in [2.05, 4.69) is 55.8 Å². The molecule has 0 saturated carbocycles. The van der Waals surface area contributed by atoms with Gasteiger partial charge in [0.25, 0.3) is 0 Å². The Hall–Kier alpha value is -0.100. The Morgan fingerprint density at radius 3 is 2.53 bits per heavy atom. The van der Waals surface area contributed by atoms with Crippen molar-refractivity contribution in [1.29, 1.82) is 0 Å². The van der Waals surface area contributed by atoms with Gasteiger partial charge in [-0.15, -0.1) is 0 Å². The summed E-state index contributed by atoms with van der Waals surface area (Å²) in [5.74, 6) is 0.266. The van der Waals surface area contributed by atoms with Crippen LogP contribution in [0.2, 0.25) is 0 Å². The Bertz CT molecular complexity index is 430. The first-order valence-corrected chi connectivity index (χ1v) is 8.11. The fourth-order valence-corrected chi connectivity index (χ4v) is 3.94. The highest BCUT2D eigenvalue weighted by Gasteiger charge is 2.22. The van der Waals surface area contributed by atoms with E-state index in [0.29, 0.717) is 6.04 Å². The van der Waals surface area contributed by atoms with Gasteiger partial charge < -0.3 is 14.9 Å². The first kappa shape index (κ1) is 15.3. The quantitative estimate of drug-likeness (QED) is 0.851. The normalized spacial score (nSPS) is 20.4. The van der Waals surface area contributed by atoms with Crippen LogP contribution in [0.5, 0.6) is 5.75 Å². The summed E-state index contributed by atoms with van der Waals surface area (Å²) in [6, 6.07) is 4.64. The smallest absolute Gasteiger partial charge is 0.143 e. The molecule has 0 bridgehead atoms. The highest BCUT2D eigenvalue weighted by atomic mass is 79.9. The van der Waals surface area contributed by atoms with E-state index in [1.54, 1.807) is 0 Å². The summed E-state index contributed by atoms with van der Waals surface area (Å²) in [6.45, 7) is 3.20. The number of rotatable bonds is 4. The Kier molecular flexibility index (Phi) is 5.29. The van der Waals surface area contributed by atoms with Crippen LogP contribution in [0, 0.1) is 0 Å². The summed E-state index contributed by atoms with van der Waals surface area (Å²) in [6.07, 6.45) is 2.61. The number of aromatic hydroxyl groups is 1. The van der Waals surface area contributed by atoms with Gasteiger partial charge in [-0.1, -0.05) is 0 Å². The van der Waals surface area contributed by atoms with Gasteiger partial charge in [-0.25, -0.2) is 0 Å². The van der Waals surface area contributed by atoms with Gasteiger partial charge in [-0.3, -0.25) is 0 Å². The van der Waals surface area contributed by atoms with Crippen LogP contribution in [0.15, 0.2) is 21.1 Å². The molecular formula is C14H20Br2N2O. The van der Waals surface area contributed by atoms with Crippen molar-refractivity contribution in [1.82, 2.24) is 9.80 Å². The molecule has 3 nitrogen and oxygen atoms in total.